The monoisotopic (exact) mass is 525 g/mol. The average Bonchev–Trinajstić information content (AvgIpc) is 2.82. The molecule has 0 aliphatic carbocycles. The number of hydrogen-bond donors (Lipinski definition) is 2. The number of hydrogen-bond acceptors (Lipinski definition) is 3. The van der Waals surface area contributed by atoms with E-state index >= 15 is 0 Å². The Balaban J connectivity index is 1.80. The van der Waals surface area contributed by atoms with E-state index in [0.29, 0.717) is 11.6 Å². The molecule has 3 aromatic rings. The second-order valence-corrected chi connectivity index (χ2v) is 7.91. The van der Waals surface area contributed by atoms with Crippen LogP contribution in [0.15, 0.2) is 89.6 Å². The molecular formula is C25H18ClF6N3O. The molecule has 0 unspecified atom stereocenters. The number of amides is 1. The average molecular weight is 526 g/mol. The Hall–Kier alpha value is -3.79. The number of carbonyl (C=O) groups excluding carboxylic acids is 1. The van der Waals surface area contributed by atoms with Crippen molar-refractivity contribution in [3.8, 4) is 0 Å². The van der Waals surface area contributed by atoms with Gasteiger partial charge in [-0.2, -0.15) is 26.3 Å². The first-order valence-corrected chi connectivity index (χ1v) is 10.6. The third kappa shape index (κ3) is 7.11. The van der Waals surface area contributed by atoms with Gasteiger partial charge in [-0.3, -0.25) is 4.79 Å². The molecule has 0 atom stereocenters. The number of alkyl halides is 6. The normalized spacial score (nSPS) is 13.0. The highest BCUT2D eigenvalue weighted by Gasteiger charge is 2.32. The summed E-state index contributed by atoms with van der Waals surface area (Å²) in [5.74, 6) is -0.531. The molecule has 0 fully saturated rings. The molecule has 11 heteroatoms. The largest absolute Gasteiger partial charge is 0.430 e. The van der Waals surface area contributed by atoms with Gasteiger partial charge in [-0.1, -0.05) is 48.0 Å². The molecule has 3 rings (SSSR count). The van der Waals surface area contributed by atoms with E-state index in [2.05, 4.69) is 10.3 Å². The predicted octanol–water partition coefficient (Wildman–Crippen LogP) is 6.81. The van der Waals surface area contributed by atoms with Crippen molar-refractivity contribution < 1.29 is 31.1 Å². The number of aliphatic imine (C=N–C) groups is 1. The Labute approximate surface area is 207 Å². The van der Waals surface area contributed by atoms with Crippen LogP contribution in [-0.2, 0) is 12.7 Å². The highest BCUT2D eigenvalue weighted by atomic mass is 35.5. The number of nitrogens with two attached hydrogens (primary N) is 1. The zero-order valence-corrected chi connectivity index (χ0v) is 19.0. The molecule has 4 nitrogen and oxygen atoms in total. The van der Waals surface area contributed by atoms with E-state index in [0.717, 1.165) is 12.1 Å². The van der Waals surface area contributed by atoms with Crippen LogP contribution in [0.5, 0.6) is 0 Å². The molecular weight excluding hydrogens is 508 g/mol. The number of para-hydroxylation sites is 1. The van der Waals surface area contributed by atoms with E-state index in [1.807, 2.05) is 0 Å². The summed E-state index contributed by atoms with van der Waals surface area (Å²) >= 11 is 6.08. The minimum Gasteiger partial charge on any atom is -0.395 e. The lowest BCUT2D eigenvalue weighted by Crippen LogP contribution is -2.23. The van der Waals surface area contributed by atoms with Gasteiger partial charge in [0.2, 0.25) is 0 Å². The van der Waals surface area contributed by atoms with Gasteiger partial charge >= 0.3 is 12.4 Å². The summed E-state index contributed by atoms with van der Waals surface area (Å²) in [4.78, 5) is 16.7. The molecule has 0 bridgehead atoms. The van der Waals surface area contributed by atoms with Gasteiger partial charge < -0.3 is 11.1 Å². The van der Waals surface area contributed by atoms with Gasteiger partial charge in [0, 0.05) is 17.7 Å². The van der Waals surface area contributed by atoms with E-state index < -0.39 is 29.5 Å². The summed E-state index contributed by atoms with van der Waals surface area (Å²) < 4.78 is 77.1. The number of allylic oxidation sites excluding steroid dienone is 2. The Morgan fingerprint density at radius 3 is 2.03 bits per heavy atom. The van der Waals surface area contributed by atoms with Crippen molar-refractivity contribution in [2.75, 3.05) is 0 Å². The molecule has 188 valence electrons. The van der Waals surface area contributed by atoms with Crippen LogP contribution in [0.25, 0.3) is 0 Å². The SMILES string of the molecule is NC(=CC(=Nc1ccccc1Cl)c1ccc(C(=O)NCc2ccc(C(F)(F)F)cc2)cc1)C(F)(F)F. The van der Waals surface area contributed by atoms with Crippen molar-refractivity contribution in [2.24, 2.45) is 10.7 Å². The number of benzene rings is 3. The van der Waals surface area contributed by atoms with Crippen molar-refractivity contribution in [3.63, 3.8) is 0 Å². The smallest absolute Gasteiger partial charge is 0.395 e. The number of halogens is 7. The first-order valence-electron chi connectivity index (χ1n) is 10.3. The Morgan fingerprint density at radius 1 is 0.889 bits per heavy atom. The lowest BCUT2D eigenvalue weighted by molar-refractivity contribution is -0.137. The Kier molecular flexibility index (Phi) is 8.09. The zero-order valence-electron chi connectivity index (χ0n) is 18.3. The highest BCUT2D eigenvalue weighted by Crippen LogP contribution is 2.29. The molecule has 3 N–H and O–H groups in total. The van der Waals surface area contributed by atoms with Crippen LogP contribution in [0.3, 0.4) is 0 Å². The van der Waals surface area contributed by atoms with Gasteiger partial charge in [0.25, 0.3) is 5.91 Å². The van der Waals surface area contributed by atoms with Crippen LogP contribution < -0.4 is 11.1 Å². The summed E-state index contributed by atoms with van der Waals surface area (Å²) in [5.41, 5.74) is 3.97. The van der Waals surface area contributed by atoms with E-state index in [4.69, 9.17) is 17.3 Å². The zero-order chi connectivity index (χ0) is 26.5. The molecule has 0 aliphatic heterocycles. The minimum atomic E-state index is -4.78. The van der Waals surface area contributed by atoms with Crippen LogP contribution >= 0.6 is 11.6 Å². The molecule has 1 amide bonds. The second-order valence-electron chi connectivity index (χ2n) is 7.50. The van der Waals surface area contributed by atoms with Crippen molar-refractivity contribution in [3.05, 3.63) is 112 Å². The van der Waals surface area contributed by atoms with Gasteiger partial charge in [0.1, 0.15) is 5.70 Å². The van der Waals surface area contributed by atoms with Crippen LogP contribution in [0.2, 0.25) is 5.02 Å². The van der Waals surface area contributed by atoms with Crippen LogP contribution in [0.4, 0.5) is 32.0 Å². The van der Waals surface area contributed by atoms with Gasteiger partial charge in [0.05, 0.1) is 22.0 Å². The number of rotatable bonds is 6. The first kappa shape index (κ1) is 26.8. The van der Waals surface area contributed by atoms with E-state index in [1.54, 1.807) is 12.1 Å². The predicted molar refractivity (Wildman–Crippen MR) is 125 cm³/mol. The first-order chi connectivity index (χ1) is 16.8. The molecule has 0 heterocycles. The number of nitrogens with one attached hydrogen (secondary N) is 1. The molecule has 0 spiro atoms. The Bertz CT molecular complexity index is 1280. The minimum absolute atomic E-state index is 0.0250. The molecule has 0 radical (unpaired) electrons. The maximum absolute atomic E-state index is 13.0. The van der Waals surface area contributed by atoms with Crippen molar-refractivity contribution in [2.45, 2.75) is 18.9 Å². The maximum Gasteiger partial charge on any atom is 0.430 e. The maximum atomic E-state index is 13.0. The van der Waals surface area contributed by atoms with Crippen LogP contribution in [0, 0.1) is 0 Å². The topological polar surface area (TPSA) is 67.5 Å². The fourth-order valence-electron chi connectivity index (χ4n) is 2.97. The number of nitrogens with zero attached hydrogens (tertiary/aromatic N) is 1. The van der Waals surface area contributed by atoms with Gasteiger partial charge in [-0.25, -0.2) is 4.99 Å². The third-order valence-corrected chi connectivity index (χ3v) is 5.21. The van der Waals surface area contributed by atoms with Crippen LogP contribution in [0.1, 0.15) is 27.0 Å². The van der Waals surface area contributed by atoms with Crippen LogP contribution in [-0.4, -0.2) is 17.8 Å². The fraction of sp³-hybridized carbons (Fsp3) is 0.120. The van der Waals surface area contributed by atoms with E-state index in [-0.39, 0.29) is 34.1 Å². The summed E-state index contributed by atoms with van der Waals surface area (Å²) in [6.45, 7) is -0.0250. The summed E-state index contributed by atoms with van der Waals surface area (Å²) in [6, 6.07) is 16.2. The number of carbonyl (C=O) groups is 1. The van der Waals surface area contributed by atoms with Gasteiger partial charge in [-0.15, -0.1) is 0 Å². The molecule has 3 aromatic carbocycles. The fourth-order valence-corrected chi connectivity index (χ4v) is 3.15. The molecule has 36 heavy (non-hydrogen) atoms. The summed E-state index contributed by atoms with van der Waals surface area (Å²) in [7, 11) is 0. The van der Waals surface area contributed by atoms with Gasteiger partial charge in [-0.05, 0) is 48.0 Å². The highest BCUT2D eigenvalue weighted by molar-refractivity contribution is 6.33. The molecule has 0 aliphatic rings. The second kappa shape index (κ2) is 10.9. The molecule has 0 aromatic heterocycles. The van der Waals surface area contributed by atoms with Crippen molar-refractivity contribution >= 4 is 28.9 Å². The summed E-state index contributed by atoms with van der Waals surface area (Å²) in [6.07, 6.45) is -8.57. The lowest BCUT2D eigenvalue weighted by Gasteiger charge is -2.10. The molecule has 0 saturated heterocycles. The van der Waals surface area contributed by atoms with Crippen molar-refractivity contribution in [1.82, 2.24) is 5.32 Å². The summed E-state index contributed by atoms with van der Waals surface area (Å²) in [5, 5.41) is 2.79. The van der Waals surface area contributed by atoms with E-state index in [9.17, 15) is 31.1 Å². The third-order valence-electron chi connectivity index (χ3n) is 4.89. The quantitative estimate of drug-likeness (QED) is 0.274. The van der Waals surface area contributed by atoms with Gasteiger partial charge in [0.15, 0.2) is 0 Å². The van der Waals surface area contributed by atoms with Crippen molar-refractivity contribution in [1.29, 1.82) is 0 Å². The standard InChI is InChI=1S/C25H18ClF6N3O/c26-19-3-1-2-4-20(19)35-21(13-22(33)25(30,31)32)16-7-9-17(10-8-16)23(36)34-14-15-5-11-18(12-6-15)24(27,28)29/h1-13H,14,33H2,(H,34,36). The Morgan fingerprint density at radius 2 is 1.47 bits per heavy atom. The molecule has 0 saturated carbocycles. The van der Waals surface area contributed by atoms with E-state index in [1.165, 1.54) is 48.5 Å². The lowest BCUT2D eigenvalue weighted by atomic mass is 10.1.